The van der Waals surface area contributed by atoms with Crippen molar-refractivity contribution in [3.05, 3.63) is 23.0 Å². The van der Waals surface area contributed by atoms with Crippen LogP contribution in [0, 0.1) is 11.3 Å². The Hall–Kier alpha value is -1.10. The fourth-order valence-corrected chi connectivity index (χ4v) is 0.415. The second kappa shape index (κ2) is 3.84. The van der Waals surface area contributed by atoms with Gasteiger partial charge in [-0.25, -0.2) is 4.39 Å². The van der Waals surface area contributed by atoms with E-state index in [9.17, 15) is 4.39 Å². The van der Waals surface area contributed by atoms with Gasteiger partial charge in [-0.2, -0.15) is 5.26 Å². The van der Waals surface area contributed by atoms with E-state index in [4.69, 9.17) is 5.26 Å². The summed E-state index contributed by atoms with van der Waals surface area (Å²) in [4.78, 5) is 0. The average molecular weight is 139 g/mol. The fourth-order valence-electron chi connectivity index (χ4n) is 0.415. The quantitative estimate of drug-likeness (QED) is 0.404. The minimum Gasteiger partial charge on any atom is -0.206 e. The van der Waals surface area contributed by atoms with Crippen molar-refractivity contribution in [2.75, 3.05) is 0 Å². The van der Waals surface area contributed by atoms with Crippen molar-refractivity contribution in [1.82, 2.24) is 0 Å². The molecule has 0 amide bonds. The van der Waals surface area contributed by atoms with E-state index in [1.807, 2.05) is 0 Å². The zero-order chi connectivity index (χ0) is 8.15. The zero-order valence-corrected chi connectivity index (χ0v) is 6.40. The van der Waals surface area contributed by atoms with Crippen LogP contribution in [0.3, 0.4) is 0 Å². The first-order chi connectivity index (χ1) is 4.57. The molecule has 0 aliphatic heterocycles. The van der Waals surface area contributed by atoms with Crippen LogP contribution in [0.15, 0.2) is 23.0 Å². The Morgan fingerprint density at radius 1 is 1.40 bits per heavy atom. The first kappa shape index (κ1) is 8.90. The van der Waals surface area contributed by atoms with Crippen molar-refractivity contribution in [3.63, 3.8) is 0 Å². The van der Waals surface area contributed by atoms with Gasteiger partial charge < -0.3 is 0 Å². The van der Waals surface area contributed by atoms with Crippen LogP contribution in [-0.4, -0.2) is 0 Å². The second-order valence-corrected chi connectivity index (χ2v) is 2.31. The number of hydrogen-bond acceptors (Lipinski definition) is 1. The molecule has 0 heterocycles. The fraction of sp³-hybridized carbons (Fsp3) is 0.375. The molecule has 0 rings (SSSR count). The number of rotatable bonds is 1. The van der Waals surface area contributed by atoms with E-state index >= 15 is 0 Å². The van der Waals surface area contributed by atoms with Crippen LogP contribution in [0.5, 0.6) is 0 Å². The van der Waals surface area contributed by atoms with Gasteiger partial charge in [-0.3, -0.25) is 0 Å². The molecule has 0 unspecified atom stereocenters. The van der Waals surface area contributed by atoms with Crippen molar-refractivity contribution in [2.45, 2.75) is 20.8 Å². The molecular formula is C8H10FN. The number of nitriles is 1. The third-order valence-corrected chi connectivity index (χ3v) is 0.941. The molecule has 0 spiro atoms. The van der Waals surface area contributed by atoms with Crippen LogP contribution in [0.4, 0.5) is 4.39 Å². The molecule has 10 heavy (non-hydrogen) atoms. The Balaban J connectivity index is 4.54. The Morgan fingerprint density at radius 3 is 2.20 bits per heavy atom. The molecule has 0 aliphatic carbocycles. The summed E-state index contributed by atoms with van der Waals surface area (Å²) in [5.41, 5.74) is 0.980. The Labute approximate surface area is 60.5 Å². The lowest BCUT2D eigenvalue weighted by Gasteiger charge is -1.89. The van der Waals surface area contributed by atoms with E-state index in [1.165, 1.54) is 13.0 Å². The molecule has 0 radical (unpaired) electrons. The van der Waals surface area contributed by atoms with Gasteiger partial charge in [0.05, 0.1) is 11.6 Å². The van der Waals surface area contributed by atoms with E-state index in [0.717, 1.165) is 5.57 Å². The van der Waals surface area contributed by atoms with Crippen LogP contribution in [-0.2, 0) is 0 Å². The normalized spacial score (nSPS) is 11.5. The predicted octanol–water partition coefficient (Wildman–Crippen LogP) is 2.72. The van der Waals surface area contributed by atoms with Crippen LogP contribution in [0.25, 0.3) is 0 Å². The van der Waals surface area contributed by atoms with Gasteiger partial charge in [0, 0.05) is 0 Å². The summed E-state index contributed by atoms with van der Waals surface area (Å²) in [6.07, 6.45) is 1.35. The average Bonchev–Trinajstić information content (AvgIpc) is 1.85. The van der Waals surface area contributed by atoms with Crippen molar-refractivity contribution < 1.29 is 4.39 Å². The number of halogens is 1. The van der Waals surface area contributed by atoms with Gasteiger partial charge in [-0.15, -0.1) is 0 Å². The van der Waals surface area contributed by atoms with Crippen molar-refractivity contribution >= 4 is 0 Å². The first-order valence-corrected chi connectivity index (χ1v) is 2.99. The highest BCUT2D eigenvalue weighted by atomic mass is 19.1. The summed E-state index contributed by atoms with van der Waals surface area (Å²) < 4.78 is 12.6. The van der Waals surface area contributed by atoms with Crippen molar-refractivity contribution in [2.24, 2.45) is 0 Å². The highest BCUT2D eigenvalue weighted by Gasteiger charge is 1.94. The van der Waals surface area contributed by atoms with E-state index in [-0.39, 0.29) is 5.57 Å². The minimum atomic E-state index is -0.442. The SMILES string of the molecule is CC(C)=C/C(F)=C(\C)C#N. The largest absolute Gasteiger partial charge is 0.206 e. The van der Waals surface area contributed by atoms with Crippen LogP contribution < -0.4 is 0 Å². The summed E-state index contributed by atoms with van der Waals surface area (Å²) in [7, 11) is 0. The van der Waals surface area contributed by atoms with Crippen molar-refractivity contribution in [3.8, 4) is 6.07 Å². The molecule has 0 aromatic carbocycles. The number of allylic oxidation sites excluding steroid dienone is 4. The molecule has 0 fully saturated rings. The van der Waals surface area contributed by atoms with Gasteiger partial charge >= 0.3 is 0 Å². The highest BCUT2D eigenvalue weighted by molar-refractivity contribution is 5.29. The van der Waals surface area contributed by atoms with E-state index in [0.29, 0.717) is 0 Å². The van der Waals surface area contributed by atoms with Crippen LogP contribution >= 0.6 is 0 Å². The second-order valence-electron chi connectivity index (χ2n) is 2.31. The van der Waals surface area contributed by atoms with Gasteiger partial charge in [0.25, 0.3) is 0 Å². The Bertz CT molecular complexity index is 214. The molecule has 1 nitrogen and oxygen atoms in total. The highest BCUT2D eigenvalue weighted by Crippen LogP contribution is 2.08. The van der Waals surface area contributed by atoms with E-state index in [1.54, 1.807) is 19.9 Å². The van der Waals surface area contributed by atoms with Crippen molar-refractivity contribution in [1.29, 1.82) is 5.26 Å². The lowest BCUT2D eigenvalue weighted by Crippen LogP contribution is -1.75. The Morgan fingerprint density at radius 2 is 1.90 bits per heavy atom. The maximum absolute atomic E-state index is 12.6. The van der Waals surface area contributed by atoms with Crippen LogP contribution in [0.2, 0.25) is 0 Å². The van der Waals surface area contributed by atoms with Gasteiger partial charge in [0.2, 0.25) is 0 Å². The maximum Gasteiger partial charge on any atom is 0.136 e. The number of hydrogen-bond donors (Lipinski definition) is 0. The van der Waals surface area contributed by atoms with E-state index in [2.05, 4.69) is 0 Å². The maximum atomic E-state index is 12.6. The standard InChI is InChI=1S/C8H10FN/c1-6(2)4-8(9)7(3)5-10/h4H,1-3H3/b8-7-. The molecule has 0 saturated carbocycles. The lowest BCUT2D eigenvalue weighted by atomic mass is 10.2. The molecular weight excluding hydrogens is 129 g/mol. The number of nitrogens with zero attached hydrogens (tertiary/aromatic N) is 1. The molecule has 2 heteroatoms. The summed E-state index contributed by atoms with van der Waals surface area (Å²) in [5.74, 6) is -0.442. The molecule has 0 aliphatic rings. The zero-order valence-electron chi connectivity index (χ0n) is 6.40. The molecule has 0 saturated heterocycles. The molecule has 0 aromatic heterocycles. The molecule has 0 bridgehead atoms. The van der Waals surface area contributed by atoms with Gasteiger partial charge in [0.15, 0.2) is 0 Å². The summed E-state index contributed by atoms with van der Waals surface area (Å²) in [5, 5.41) is 8.24. The Kier molecular flexibility index (Phi) is 3.42. The molecule has 0 atom stereocenters. The third-order valence-electron chi connectivity index (χ3n) is 0.941. The predicted molar refractivity (Wildman–Crippen MR) is 38.9 cm³/mol. The topological polar surface area (TPSA) is 23.8 Å². The first-order valence-electron chi connectivity index (χ1n) is 2.99. The molecule has 0 aromatic rings. The third kappa shape index (κ3) is 3.03. The van der Waals surface area contributed by atoms with Gasteiger partial charge in [0.1, 0.15) is 5.83 Å². The summed E-state index contributed by atoms with van der Waals surface area (Å²) >= 11 is 0. The molecule has 54 valence electrons. The summed E-state index contributed by atoms with van der Waals surface area (Å²) in [6.45, 7) is 5.02. The van der Waals surface area contributed by atoms with Gasteiger partial charge in [-0.1, -0.05) is 5.57 Å². The lowest BCUT2D eigenvalue weighted by molar-refractivity contribution is 0.657. The van der Waals surface area contributed by atoms with E-state index < -0.39 is 5.83 Å². The smallest absolute Gasteiger partial charge is 0.136 e. The molecule has 0 N–H and O–H groups in total. The van der Waals surface area contributed by atoms with Gasteiger partial charge in [-0.05, 0) is 26.8 Å². The summed E-state index contributed by atoms with van der Waals surface area (Å²) in [6, 6.07) is 1.73. The minimum absolute atomic E-state index is 0.126. The monoisotopic (exact) mass is 139 g/mol. The van der Waals surface area contributed by atoms with Crippen LogP contribution in [0.1, 0.15) is 20.8 Å².